The number of hydrogen-bond acceptors (Lipinski definition) is 3. The number of hydrogen-bond donors (Lipinski definition) is 2. The van der Waals surface area contributed by atoms with Gasteiger partial charge in [0.2, 0.25) is 0 Å². The number of carbonyl (C=O) groups is 1. The number of aliphatic hydroxyl groups excluding tert-OH is 1. The van der Waals surface area contributed by atoms with Crippen LogP contribution in [-0.4, -0.2) is 30.3 Å². The van der Waals surface area contributed by atoms with E-state index in [2.05, 4.69) is 62.3 Å². The van der Waals surface area contributed by atoms with E-state index in [-0.39, 0.29) is 0 Å². The van der Waals surface area contributed by atoms with Crippen LogP contribution < -0.4 is 5.32 Å². The average Bonchev–Trinajstić information content (AvgIpc) is 2.50. The lowest BCUT2D eigenvalue weighted by atomic mass is 9.98. The first kappa shape index (κ1) is 23.6. The molecule has 0 aromatic rings. The molecular weight excluding hydrogens is 410 g/mol. The summed E-state index contributed by atoms with van der Waals surface area (Å²) in [6.45, 7) is 8.09. The van der Waals surface area contributed by atoms with Crippen LogP contribution in [0.1, 0.15) is 27.2 Å². The summed E-state index contributed by atoms with van der Waals surface area (Å²) in [5.74, 6) is 0.978. The van der Waals surface area contributed by atoms with E-state index >= 15 is 0 Å². The number of aliphatic hydroxyl groups is 1. The molecule has 2 atom stereocenters. The molecule has 0 saturated carbocycles. The van der Waals surface area contributed by atoms with Crippen LogP contribution >= 0.6 is 31.9 Å². The number of likely N-dealkylation sites (N-methyl/N-ethyl adjacent to an activating group) is 1. The molecule has 1 aliphatic rings. The van der Waals surface area contributed by atoms with Gasteiger partial charge in [-0.15, -0.1) is 0 Å². The van der Waals surface area contributed by atoms with Crippen LogP contribution in [0.2, 0.25) is 0 Å². The Kier molecular flexibility index (Phi) is 16.4. The van der Waals surface area contributed by atoms with E-state index in [1.165, 1.54) is 4.48 Å². The van der Waals surface area contributed by atoms with E-state index in [9.17, 15) is 5.11 Å². The highest BCUT2D eigenvalue weighted by Gasteiger charge is 2.12. The van der Waals surface area contributed by atoms with Gasteiger partial charge in [-0.2, -0.15) is 0 Å². The molecule has 2 N–H and O–H groups in total. The van der Waals surface area contributed by atoms with Crippen molar-refractivity contribution in [2.24, 2.45) is 5.92 Å². The van der Waals surface area contributed by atoms with Crippen LogP contribution in [0.3, 0.4) is 0 Å². The summed E-state index contributed by atoms with van der Waals surface area (Å²) >= 11 is 6.69. The average molecular weight is 437 g/mol. The zero-order valence-corrected chi connectivity index (χ0v) is 16.9. The van der Waals surface area contributed by atoms with E-state index in [4.69, 9.17) is 4.79 Å². The van der Waals surface area contributed by atoms with Gasteiger partial charge in [0.1, 0.15) is 12.5 Å². The lowest BCUT2D eigenvalue weighted by Crippen LogP contribution is -2.30. The molecule has 0 aromatic carbocycles. The molecule has 22 heavy (non-hydrogen) atoms. The van der Waals surface area contributed by atoms with Gasteiger partial charge in [-0.1, -0.05) is 70.0 Å². The molecule has 0 aromatic heterocycles. The van der Waals surface area contributed by atoms with Gasteiger partial charge in [0, 0.05) is 15.9 Å². The zero-order valence-electron chi connectivity index (χ0n) is 13.8. The van der Waals surface area contributed by atoms with Gasteiger partial charge in [-0.05, 0) is 38.0 Å². The van der Waals surface area contributed by atoms with Crippen molar-refractivity contribution < 1.29 is 9.90 Å². The highest BCUT2D eigenvalue weighted by molar-refractivity contribution is 9.11. The molecule has 3 nitrogen and oxygen atoms in total. The normalized spacial score (nSPS) is 21.1. The summed E-state index contributed by atoms with van der Waals surface area (Å²) in [7, 11) is 1.98. The first-order valence-electron chi connectivity index (χ1n) is 7.10. The van der Waals surface area contributed by atoms with Crippen molar-refractivity contribution in [3.8, 4) is 0 Å². The molecule has 0 bridgehead atoms. The maximum atomic E-state index is 9.22. The third-order valence-electron chi connectivity index (χ3n) is 2.97. The topological polar surface area (TPSA) is 49.3 Å². The monoisotopic (exact) mass is 435 g/mol. The van der Waals surface area contributed by atoms with Crippen LogP contribution in [0.25, 0.3) is 0 Å². The van der Waals surface area contributed by atoms with E-state index in [0.717, 1.165) is 17.3 Å². The Morgan fingerprint density at radius 2 is 2.05 bits per heavy atom. The predicted molar refractivity (Wildman–Crippen MR) is 104 cm³/mol. The third kappa shape index (κ3) is 11.0. The minimum Gasteiger partial charge on any atom is -0.508 e. The second-order valence-corrected chi connectivity index (χ2v) is 6.19. The fraction of sp³-hybridized carbons (Fsp3) is 0.471. The highest BCUT2D eigenvalue weighted by atomic mass is 79.9. The number of nitrogens with one attached hydrogen (secondary N) is 1. The molecule has 0 heterocycles. The minimum absolute atomic E-state index is 0.391. The van der Waals surface area contributed by atoms with Crippen LogP contribution in [0.4, 0.5) is 0 Å². The summed E-state index contributed by atoms with van der Waals surface area (Å²) in [6.07, 6.45) is 11.1. The largest absolute Gasteiger partial charge is 0.508 e. The van der Waals surface area contributed by atoms with Crippen molar-refractivity contribution in [1.82, 2.24) is 5.32 Å². The maximum Gasteiger partial charge on any atom is 0.114 e. The van der Waals surface area contributed by atoms with Crippen LogP contribution in [-0.2, 0) is 4.79 Å². The molecule has 1 aliphatic carbocycles. The number of rotatable bonds is 4. The molecule has 5 heteroatoms. The lowest BCUT2D eigenvalue weighted by Gasteiger charge is -2.20. The summed E-state index contributed by atoms with van der Waals surface area (Å²) < 4.78 is 1.19. The van der Waals surface area contributed by atoms with Gasteiger partial charge in [0.15, 0.2) is 0 Å². The Hall–Kier alpha value is -0.650. The fourth-order valence-corrected chi connectivity index (χ4v) is 2.77. The highest BCUT2D eigenvalue weighted by Crippen LogP contribution is 2.20. The minimum atomic E-state index is 0.391. The SMILES string of the molecule is C=O.CC/C=C(O)\C(C)=C/CBr.CNC1C=CC(Br)=CC1C. The molecule has 0 fully saturated rings. The van der Waals surface area contributed by atoms with Crippen molar-refractivity contribution in [2.45, 2.75) is 33.2 Å². The second-order valence-electron chi connectivity index (χ2n) is 4.62. The van der Waals surface area contributed by atoms with Crippen LogP contribution in [0.15, 0.2) is 46.2 Å². The van der Waals surface area contributed by atoms with Gasteiger partial charge in [0.25, 0.3) is 0 Å². The molecular formula is C17H27Br2NO2. The summed E-state index contributed by atoms with van der Waals surface area (Å²) in [6, 6.07) is 0.501. The Morgan fingerprint density at radius 3 is 2.45 bits per heavy atom. The molecule has 0 radical (unpaired) electrons. The number of alkyl halides is 1. The van der Waals surface area contributed by atoms with E-state index in [0.29, 0.717) is 17.7 Å². The fourth-order valence-electron chi connectivity index (χ4n) is 1.71. The molecule has 0 saturated heterocycles. The third-order valence-corrected chi connectivity index (χ3v) is 3.82. The first-order valence-corrected chi connectivity index (χ1v) is 9.01. The molecule has 0 amide bonds. The van der Waals surface area contributed by atoms with Crippen LogP contribution in [0, 0.1) is 5.92 Å². The molecule has 0 aliphatic heterocycles. The Morgan fingerprint density at radius 1 is 1.45 bits per heavy atom. The number of carbonyl (C=O) groups excluding carboxylic acids is 1. The van der Waals surface area contributed by atoms with Crippen molar-refractivity contribution in [2.75, 3.05) is 12.4 Å². The number of halogens is 2. The van der Waals surface area contributed by atoms with E-state index in [1.54, 1.807) is 6.08 Å². The first-order chi connectivity index (χ1) is 10.5. The molecule has 1 rings (SSSR count). The summed E-state index contributed by atoms with van der Waals surface area (Å²) in [5, 5.41) is 13.2. The number of allylic oxidation sites excluding steroid dienone is 5. The standard InChI is InChI=1S/C8H12BrN.C8H13BrO.CH2O/c1-6-5-7(9)3-4-8(6)10-2;1-3-4-8(10)7(2)5-6-9;1-2/h3-6,8,10H,1-2H3;4-5,10H,3,6H2,1-2H3;1H2/b;7-5-,8-4+;. The summed E-state index contributed by atoms with van der Waals surface area (Å²) in [5.41, 5.74) is 0.929. The van der Waals surface area contributed by atoms with Gasteiger partial charge in [-0.3, -0.25) is 0 Å². The van der Waals surface area contributed by atoms with Crippen molar-refractivity contribution in [1.29, 1.82) is 0 Å². The van der Waals surface area contributed by atoms with E-state index < -0.39 is 0 Å². The van der Waals surface area contributed by atoms with Gasteiger partial charge in [-0.25, -0.2) is 0 Å². The zero-order chi connectivity index (χ0) is 17.5. The van der Waals surface area contributed by atoms with Gasteiger partial charge < -0.3 is 15.2 Å². The smallest absolute Gasteiger partial charge is 0.114 e. The Labute approximate surface area is 151 Å². The molecule has 2 unspecified atom stereocenters. The molecule has 126 valence electrons. The van der Waals surface area contributed by atoms with Crippen molar-refractivity contribution >= 4 is 38.6 Å². The summed E-state index contributed by atoms with van der Waals surface area (Å²) in [4.78, 5) is 8.00. The van der Waals surface area contributed by atoms with E-state index in [1.807, 2.05) is 33.8 Å². The Bertz CT molecular complexity index is 397. The van der Waals surface area contributed by atoms with Crippen LogP contribution in [0.5, 0.6) is 0 Å². The van der Waals surface area contributed by atoms with Crippen molar-refractivity contribution in [3.05, 3.63) is 46.2 Å². The quantitative estimate of drug-likeness (QED) is 0.368. The van der Waals surface area contributed by atoms with Gasteiger partial charge >= 0.3 is 0 Å². The predicted octanol–water partition coefficient (Wildman–Crippen LogP) is 5.05. The lowest BCUT2D eigenvalue weighted by molar-refractivity contribution is -0.0979. The molecule has 0 spiro atoms. The Balaban J connectivity index is 0. The van der Waals surface area contributed by atoms with Gasteiger partial charge in [0.05, 0.1) is 0 Å². The maximum absolute atomic E-state index is 9.22. The second kappa shape index (κ2) is 15.3. The van der Waals surface area contributed by atoms with Crippen molar-refractivity contribution in [3.63, 3.8) is 0 Å².